The minimum atomic E-state index is -0.537. The van der Waals surface area contributed by atoms with Crippen LogP contribution in [0.2, 0.25) is 0 Å². The molecule has 0 atom stereocenters. The average Bonchev–Trinajstić information content (AvgIpc) is 2.73. The molecule has 30 heavy (non-hydrogen) atoms. The SMILES string of the molecule is O=C1NC(=O)c2ccc(-c3ccc(F)cc3)cc2/C1=C\NCc1ccc(O)c(O)c1. The highest BCUT2D eigenvalue weighted by molar-refractivity contribution is 6.31. The first-order chi connectivity index (χ1) is 14.4. The monoisotopic (exact) mass is 404 g/mol. The van der Waals surface area contributed by atoms with Gasteiger partial charge in [-0.3, -0.25) is 14.9 Å². The molecule has 0 bridgehead atoms. The van der Waals surface area contributed by atoms with E-state index in [9.17, 15) is 24.2 Å². The standard InChI is InChI=1S/C23H17FN2O4/c24-16-5-2-14(3-6-16)15-4-7-17-18(10-15)19(23(30)26-22(17)29)12-25-11-13-1-8-20(27)21(28)9-13/h1-10,12,25,27-28H,11H2,(H,26,29,30)/b19-12+. The van der Waals surface area contributed by atoms with Gasteiger partial charge in [0.1, 0.15) is 5.82 Å². The third-order valence-corrected chi connectivity index (χ3v) is 4.80. The highest BCUT2D eigenvalue weighted by atomic mass is 19.1. The summed E-state index contributed by atoms with van der Waals surface area (Å²) in [6, 6.07) is 15.4. The van der Waals surface area contributed by atoms with Gasteiger partial charge in [-0.05, 0) is 53.1 Å². The third-order valence-electron chi connectivity index (χ3n) is 4.80. The lowest BCUT2D eigenvalue weighted by atomic mass is 9.91. The summed E-state index contributed by atoms with van der Waals surface area (Å²) >= 11 is 0. The van der Waals surface area contributed by atoms with Crippen molar-refractivity contribution in [2.45, 2.75) is 6.54 Å². The summed E-state index contributed by atoms with van der Waals surface area (Å²) in [6.07, 6.45) is 1.50. The molecular weight excluding hydrogens is 387 g/mol. The Morgan fingerprint density at radius 3 is 2.30 bits per heavy atom. The smallest absolute Gasteiger partial charge is 0.260 e. The quantitative estimate of drug-likeness (QED) is 0.304. The summed E-state index contributed by atoms with van der Waals surface area (Å²) < 4.78 is 13.2. The van der Waals surface area contributed by atoms with Crippen molar-refractivity contribution in [3.05, 3.63) is 89.4 Å². The predicted octanol–water partition coefficient (Wildman–Crippen LogP) is 3.30. The first kappa shape index (κ1) is 19.2. The minimum Gasteiger partial charge on any atom is -0.504 e. The van der Waals surface area contributed by atoms with Gasteiger partial charge in [-0.25, -0.2) is 4.39 Å². The number of hydrogen-bond acceptors (Lipinski definition) is 5. The fourth-order valence-corrected chi connectivity index (χ4v) is 3.24. The van der Waals surface area contributed by atoms with E-state index >= 15 is 0 Å². The maximum atomic E-state index is 13.2. The number of carbonyl (C=O) groups excluding carboxylic acids is 2. The van der Waals surface area contributed by atoms with E-state index in [-0.39, 0.29) is 29.4 Å². The number of phenols is 2. The molecular formula is C23H17FN2O4. The Bertz CT molecular complexity index is 1190. The molecule has 6 nitrogen and oxygen atoms in total. The zero-order valence-corrected chi connectivity index (χ0v) is 15.6. The first-order valence-corrected chi connectivity index (χ1v) is 9.13. The summed E-state index contributed by atoms with van der Waals surface area (Å²) in [7, 11) is 0. The van der Waals surface area contributed by atoms with Gasteiger partial charge in [0, 0.05) is 23.9 Å². The molecule has 0 saturated heterocycles. The second-order valence-corrected chi connectivity index (χ2v) is 6.81. The lowest BCUT2D eigenvalue weighted by Crippen LogP contribution is -2.37. The average molecular weight is 404 g/mol. The fraction of sp³-hybridized carbons (Fsp3) is 0.0435. The van der Waals surface area contributed by atoms with Gasteiger partial charge in [-0.2, -0.15) is 0 Å². The molecule has 0 aliphatic carbocycles. The maximum Gasteiger partial charge on any atom is 0.260 e. The highest BCUT2D eigenvalue weighted by Gasteiger charge is 2.27. The number of hydrogen-bond donors (Lipinski definition) is 4. The van der Waals surface area contributed by atoms with Crippen LogP contribution in [0.5, 0.6) is 11.5 Å². The zero-order chi connectivity index (χ0) is 21.3. The summed E-state index contributed by atoms with van der Waals surface area (Å²) in [5, 5.41) is 24.3. The van der Waals surface area contributed by atoms with Crippen molar-refractivity contribution >= 4 is 17.4 Å². The predicted molar refractivity (Wildman–Crippen MR) is 109 cm³/mol. The molecule has 3 aromatic rings. The van der Waals surface area contributed by atoms with Crippen LogP contribution in [0.4, 0.5) is 4.39 Å². The van der Waals surface area contributed by atoms with Crippen molar-refractivity contribution in [1.29, 1.82) is 0 Å². The van der Waals surface area contributed by atoms with E-state index in [1.54, 1.807) is 36.4 Å². The first-order valence-electron chi connectivity index (χ1n) is 9.13. The molecule has 0 aromatic heterocycles. The molecule has 1 aliphatic heterocycles. The van der Waals surface area contributed by atoms with Crippen LogP contribution in [0.1, 0.15) is 21.5 Å². The second-order valence-electron chi connectivity index (χ2n) is 6.81. The number of fused-ring (bicyclic) bond motifs is 1. The summed E-state index contributed by atoms with van der Waals surface area (Å²) in [6.45, 7) is 0.283. The molecule has 0 radical (unpaired) electrons. The number of benzene rings is 3. The number of nitrogens with one attached hydrogen (secondary N) is 2. The van der Waals surface area contributed by atoms with E-state index in [1.807, 2.05) is 0 Å². The van der Waals surface area contributed by atoms with Crippen molar-refractivity contribution in [3.8, 4) is 22.6 Å². The number of carbonyl (C=O) groups is 2. The molecule has 0 spiro atoms. The molecule has 1 heterocycles. The number of halogens is 1. The van der Waals surface area contributed by atoms with Gasteiger partial charge in [0.15, 0.2) is 11.5 Å². The van der Waals surface area contributed by atoms with Gasteiger partial charge < -0.3 is 15.5 Å². The molecule has 2 amide bonds. The number of phenolic OH excluding ortho intramolecular Hbond substituents is 2. The fourth-order valence-electron chi connectivity index (χ4n) is 3.24. The van der Waals surface area contributed by atoms with Crippen molar-refractivity contribution in [2.75, 3.05) is 0 Å². The molecule has 7 heteroatoms. The number of amides is 2. The van der Waals surface area contributed by atoms with Gasteiger partial charge in [0.2, 0.25) is 0 Å². The van der Waals surface area contributed by atoms with Gasteiger partial charge in [-0.1, -0.05) is 24.3 Å². The molecule has 150 valence electrons. The molecule has 0 saturated carbocycles. The number of imide groups is 1. The van der Waals surface area contributed by atoms with Gasteiger partial charge in [0.25, 0.3) is 11.8 Å². The minimum absolute atomic E-state index is 0.218. The molecule has 4 N–H and O–H groups in total. The molecule has 3 aromatic carbocycles. The van der Waals surface area contributed by atoms with E-state index < -0.39 is 11.8 Å². The van der Waals surface area contributed by atoms with Crippen LogP contribution in [0.3, 0.4) is 0 Å². The zero-order valence-electron chi connectivity index (χ0n) is 15.6. The van der Waals surface area contributed by atoms with Crippen LogP contribution >= 0.6 is 0 Å². The van der Waals surface area contributed by atoms with Gasteiger partial charge in [0.05, 0.1) is 5.57 Å². The lowest BCUT2D eigenvalue weighted by molar-refractivity contribution is -0.114. The molecule has 0 unspecified atom stereocenters. The van der Waals surface area contributed by atoms with Crippen LogP contribution in [-0.2, 0) is 11.3 Å². The Morgan fingerprint density at radius 1 is 0.833 bits per heavy atom. The highest BCUT2D eigenvalue weighted by Crippen LogP contribution is 2.30. The van der Waals surface area contributed by atoms with Crippen LogP contribution in [0, 0.1) is 5.82 Å². The van der Waals surface area contributed by atoms with Crippen molar-refractivity contribution in [3.63, 3.8) is 0 Å². The molecule has 1 aliphatic rings. The Labute approximate surface area is 171 Å². The second kappa shape index (κ2) is 7.71. The Morgan fingerprint density at radius 2 is 1.57 bits per heavy atom. The van der Waals surface area contributed by atoms with Crippen molar-refractivity contribution in [2.24, 2.45) is 0 Å². The van der Waals surface area contributed by atoms with Crippen molar-refractivity contribution in [1.82, 2.24) is 10.6 Å². The van der Waals surface area contributed by atoms with Crippen LogP contribution in [0.15, 0.2) is 66.9 Å². The maximum absolute atomic E-state index is 13.2. The number of rotatable bonds is 4. The van der Waals surface area contributed by atoms with E-state index in [1.165, 1.54) is 30.5 Å². The normalized spacial score (nSPS) is 14.4. The van der Waals surface area contributed by atoms with Crippen LogP contribution in [0.25, 0.3) is 16.7 Å². The molecule has 0 fully saturated rings. The van der Waals surface area contributed by atoms with E-state index in [4.69, 9.17) is 0 Å². The topological polar surface area (TPSA) is 98.7 Å². The van der Waals surface area contributed by atoms with E-state index in [2.05, 4.69) is 10.6 Å². The van der Waals surface area contributed by atoms with Crippen molar-refractivity contribution < 1.29 is 24.2 Å². The Balaban J connectivity index is 1.66. The van der Waals surface area contributed by atoms with Crippen LogP contribution < -0.4 is 10.6 Å². The third kappa shape index (κ3) is 3.73. The van der Waals surface area contributed by atoms with E-state index in [0.29, 0.717) is 16.7 Å². The summed E-state index contributed by atoms with van der Waals surface area (Å²) in [4.78, 5) is 24.7. The largest absolute Gasteiger partial charge is 0.504 e. The van der Waals surface area contributed by atoms with Gasteiger partial charge in [-0.15, -0.1) is 0 Å². The molecule has 4 rings (SSSR count). The van der Waals surface area contributed by atoms with E-state index in [0.717, 1.165) is 11.1 Å². The lowest BCUT2D eigenvalue weighted by Gasteiger charge is -2.19. The Kier molecular flexibility index (Phi) is 4.93. The van der Waals surface area contributed by atoms with Gasteiger partial charge >= 0.3 is 0 Å². The number of aromatic hydroxyl groups is 2. The van der Waals surface area contributed by atoms with Crippen LogP contribution in [-0.4, -0.2) is 22.0 Å². The Hall–Kier alpha value is -4.13. The summed E-state index contributed by atoms with van der Waals surface area (Å²) in [5.41, 5.74) is 3.28. The summed E-state index contributed by atoms with van der Waals surface area (Å²) in [5.74, 6) is -1.83.